The van der Waals surface area contributed by atoms with Gasteiger partial charge in [0.25, 0.3) is 0 Å². The zero-order chi connectivity index (χ0) is 17.5. The van der Waals surface area contributed by atoms with Crippen LogP contribution in [0.4, 0.5) is 0 Å². The van der Waals surface area contributed by atoms with Crippen molar-refractivity contribution in [3.8, 4) is 0 Å². The highest BCUT2D eigenvalue weighted by Gasteiger charge is 2.42. The van der Waals surface area contributed by atoms with Crippen LogP contribution in [0.5, 0.6) is 0 Å². The second-order valence-corrected chi connectivity index (χ2v) is 7.70. The molecule has 0 heterocycles. The van der Waals surface area contributed by atoms with Gasteiger partial charge in [0.1, 0.15) is 0 Å². The van der Waals surface area contributed by atoms with Gasteiger partial charge in [0.15, 0.2) is 0 Å². The molecule has 0 spiro atoms. The second kappa shape index (κ2) is 9.67. The minimum atomic E-state index is 0.365. The Balaban J connectivity index is 3.39. The van der Waals surface area contributed by atoms with E-state index >= 15 is 0 Å². The van der Waals surface area contributed by atoms with Gasteiger partial charge in [0.05, 0.1) is 0 Å². The van der Waals surface area contributed by atoms with Gasteiger partial charge in [0.2, 0.25) is 0 Å². The van der Waals surface area contributed by atoms with Crippen LogP contribution in [-0.2, 0) is 0 Å². The molecule has 1 atom stereocenters. The fraction of sp³-hybridized carbons (Fsp3) is 0.818. The number of nitrogens with zero attached hydrogens (tertiary/aromatic N) is 1. The molecule has 0 aliphatic heterocycles. The summed E-state index contributed by atoms with van der Waals surface area (Å²) in [6.07, 6.45) is 11.6. The Morgan fingerprint density at radius 3 is 1.78 bits per heavy atom. The smallest absolute Gasteiger partial charge is 0.0142 e. The van der Waals surface area contributed by atoms with Crippen molar-refractivity contribution < 1.29 is 0 Å². The normalized spacial score (nSPS) is 21.9. The molecule has 0 saturated carbocycles. The Morgan fingerprint density at radius 2 is 1.30 bits per heavy atom. The molecule has 0 aromatic heterocycles. The lowest BCUT2D eigenvalue weighted by Gasteiger charge is -2.36. The molecule has 0 N–H and O–H groups in total. The minimum absolute atomic E-state index is 0.365. The van der Waals surface area contributed by atoms with E-state index in [0.29, 0.717) is 5.41 Å². The molecule has 0 saturated heterocycles. The average Bonchev–Trinajstić information content (AvgIpc) is 2.71. The highest BCUT2D eigenvalue weighted by atomic mass is 15.0. The Hall–Kier alpha value is -0.560. The van der Waals surface area contributed by atoms with Crippen LogP contribution < -0.4 is 0 Å². The number of allylic oxidation sites excluding steroid dienone is 4. The van der Waals surface area contributed by atoms with Crippen LogP contribution in [0.15, 0.2) is 22.3 Å². The Bertz CT molecular complexity index is 427. The number of hydrogen-bond acceptors (Lipinski definition) is 1. The molecule has 23 heavy (non-hydrogen) atoms. The fourth-order valence-electron chi connectivity index (χ4n) is 4.64. The van der Waals surface area contributed by atoms with Crippen molar-refractivity contribution in [3.63, 3.8) is 0 Å². The molecular formula is C22H41N. The third-order valence-corrected chi connectivity index (χ3v) is 5.64. The summed E-state index contributed by atoms with van der Waals surface area (Å²) in [5, 5.41) is 0. The maximum atomic E-state index is 2.47. The van der Waals surface area contributed by atoms with Crippen LogP contribution in [0.1, 0.15) is 92.4 Å². The number of hydrogen-bond donors (Lipinski definition) is 0. The van der Waals surface area contributed by atoms with E-state index < -0.39 is 0 Å². The number of rotatable bonds is 11. The molecule has 0 aromatic carbocycles. The summed E-state index contributed by atoms with van der Waals surface area (Å²) in [4.78, 5) is 2.37. The van der Waals surface area contributed by atoms with Crippen molar-refractivity contribution in [1.82, 2.24) is 4.90 Å². The van der Waals surface area contributed by atoms with E-state index in [4.69, 9.17) is 0 Å². The molecule has 1 unspecified atom stereocenters. The summed E-state index contributed by atoms with van der Waals surface area (Å²) in [5.74, 6) is 0. The first-order chi connectivity index (χ1) is 11.0. The molecule has 1 heteroatoms. The summed E-state index contributed by atoms with van der Waals surface area (Å²) in [6, 6.07) is 0. The Labute approximate surface area is 146 Å². The largest absolute Gasteiger partial charge is 0.309 e. The van der Waals surface area contributed by atoms with Gasteiger partial charge in [-0.1, -0.05) is 64.5 Å². The Kier molecular flexibility index (Phi) is 8.61. The molecule has 1 nitrogen and oxygen atoms in total. The second-order valence-electron chi connectivity index (χ2n) is 7.70. The van der Waals surface area contributed by atoms with Crippen molar-refractivity contribution in [2.24, 2.45) is 5.41 Å². The van der Waals surface area contributed by atoms with Crippen molar-refractivity contribution in [2.45, 2.75) is 92.4 Å². The molecule has 1 aliphatic carbocycles. The first-order valence-corrected chi connectivity index (χ1v) is 10.1. The summed E-state index contributed by atoms with van der Waals surface area (Å²) in [5.41, 5.74) is 7.43. The molecule has 0 aromatic rings. The van der Waals surface area contributed by atoms with Gasteiger partial charge in [-0.05, 0) is 70.8 Å². The van der Waals surface area contributed by atoms with Crippen LogP contribution in [0.3, 0.4) is 0 Å². The van der Waals surface area contributed by atoms with E-state index in [2.05, 4.69) is 53.6 Å². The molecule has 1 rings (SSSR count). The summed E-state index contributed by atoms with van der Waals surface area (Å²) < 4.78 is 0. The van der Waals surface area contributed by atoms with E-state index in [1.54, 1.807) is 16.7 Å². The van der Waals surface area contributed by atoms with E-state index in [9.17, 15) is 0 Å². The van der Waals surface area contributed by atoms with E-state index in [-0.39, 0.29) is 0 Å². The van der Waals surface area contributed by atoms with Crippen molar-refractivity contribution >= 4 is 0 Å². The van der Waals surface area contributed by atoms with Crippen LogP contribution in [0.25, 0.3) is 0 Å². The van der Waals surface area contributed by atoms with Crippen molar-refractivity contribution in [2.75, 3.05) is 20.6 Å². The lowest BCUT2D eigenvalue weighted by molar-refractivity contribution is 0.288. The lowest BCUT2D eigenvalue weighted by atomic mass is 9.69. The van der Waals surface area contributed by atoms with Crippen molar-refractivity contribution in [3.05, 3.63) is 22.3 Å². The summed E-state index contributed by atoms with van der Waals surface area (Å²) >= 11 is 0. The maximum Gasteiger partial charge on any atom is 0.0142 e. The molecule has 0 amide bonds. The zero-order valence-electron chi connectivity index (χ0n) is 17.0. The molecule has 134 valence electrons. The van der Waals surface area contributed by atoms with Gasteiger partial charge >= 0.3 is 0 Å². The predicted octanol–water partition coefficient (Wildman–Crippen LogP) is 6.75. The van der Waals surface area contributed by atoms with Crippen LogP contribution >= 0.6 is 0 Å². The van der Waals surface area contributed by atoms with Gasteiger partial charge < -0.3 is 4.90 Å². The van der Waals surface area contributed by atoms with Crippen molar-refractivity contribution in [1.29, 1.82) is 0 Å². The van der Waals surface area contributed by atoms with Gasteiger partial charge in [-0.3, -0.25) is 0 Å². The fourth-order valence-corrected chi connectivity index (χ4v) is 4.64. The quantitative estimate of drug-likeness (QED) is 0.407. The van der Waals surface area contributed by atoms with Crippen LogP contribution in [-0.4, -0.2) is 25.5 Å². The summed E-state index contributed by atoms with van der Waals surface area (Å²) in [6.45, 7) is 13.1. The standard InChI is InChI=1S/C22H41N/c1-8-12-19-18(5)22(15-11-4,16-17-23(6)7)21(14-10-3)20(19)13-9-2/h8-17H2,1-7H3. The third-order valence-electron chi connectivity index (χ3n) is 5.64. The van der Waals surface area contributed by atoms with Gasteiger partial charge in [-0.25, -0.2) is 0 Å². The zero-order valence-corrected chi connectivity index (χ0v) is 17.0. The SMILES string of the molecule is CCCC1=C(C)C(CCC)(CCN(C)C)C(CCC)=C1CCC. The van der Waals surface area contributed by atoms with E-state index in [1.807, 2.05) is 5.57 Å². The highest BCUT2D eigenvalue weighted by molar-refractivity contribution is 5.53. The minimum Gasteiger partial charge on any atom is -0.309 e. The average molecular weight is 320 g/mol. The van der Waals surface area contributed by atoms with E-state index in [0.717, 1.165) is 0 Å². The summed E-state index contributed by atoms with van der Waals surface area (Å²) in [7, 11) is 4.44. The first-order valence-electron chi connectivity index (χ1n) is 10.1. The topological polar surface area (TPSA) is 3.24 Å². The van der Waals surface area contributed by atoms with Gasteiger partial charge in [0, 0.05) is 5.41 Å². The van der Waals surface area contributed by atoms with E-state index in [1.165, 1.54) is 64.3 Å². The highest BCUT2D eigenvalue weighted by Crippen LogP contribution is 2.55. The van der Waals surface area contributed by atoms with Gasteiger partial charge in [-0.15, -0.1) is 0 Å². The third kappa shape index (κ3) is 4.50. The molecule has 0 fully saturated rings. The molecule has 1 aliphatic rings. The predicted molar refractivity (Wildman–Crippen MR) is 105 cm³/mol. The lowest BCUT2D eigenvalue weighted by Crippen LogP contribution is -2.28. The van der Waals surface area contributed by atoms with Crippen LogP contribution in [0.2, 0.25) is 0 Å². The Morgan fingerprint density at radius 1 is 0.739 bits per heavy atom. The molecular weight excluding hydrogens is 278 g/mol. The monoisotopic (exact) mass is 319 g/mol. The molecule has 0 radical (unpaired) electrons. The maximum absolute atomic E-state index is 2.47. The van der Waals surface area contributed by atoms with Gasteiger partial charge in [-0.2, -0.15) is 0 Å². The first kappa shape index (κ1) is 20.5. The van der Waals surface area contributed by atoms with Crippen LogP contribution in [0, 0.1) is 5.41 Å². The molecule has 0 bridgehead atoms.